The Bertz CT molecular complexity index is 627. The summed E-state index contributed by atoms with van der Waals surface area (Å²) >= 11 is 0. The van der Waals surface area contributed by atoms with Crippen LogP contribution in [-0.4, -0.2) is 18.9 Å². The first-order valence-electron chi connectivity index (χ1n) is 11.9. The lowest BCUT2D eigenvalue weighted by Crippen LogP contribution is -2.56. The van der Waals surface area contributed by atoms with Crippen LogP contribution in [0.1, 0.15) is 91.4 Å². The van der Waals surface area contributed by atoms with Gasteiger partial charge in [-0.2, -0.15) is 0 Å². The molecule has 4 rings (SSSR count). The zero-order chi connectivity index (χ0) is 20.1. The van der Waals surface area contributed by atoms with Crippen molar-refractivity contribution in [3.8, 4) is 0 Å². The summed E-state index contributed by atoms with van der Waals surface area (Å²) in [7, 11) is 1.47. The summed E-state index contributed by atoms with van der Waals surface area (Å²) in [6.07, 6.45) is 12.8. The molecule has 0 aliphatic heterocycles. The number of carbonyl (C=O) groups is 2. The Labute approximate surface area is 171 Å². The van der Waals surface area contributed by atoms with Gasteiger partial charge in [-0.25, -0.2) is 0 Å². The minimum absolute atomic E-state index is 0.120. The number of carbonyl (C=O) groups excluding carboxylic acids is 2. The molecule has 0 aromatic rings. The van der Waals surface area contributed by atoms with Gasteiger partial charge in [0.2, 0.25) is 0 Å². The van der Waals surface area contributed by atoms with E-state index in [9.17, 15) is 9.59 Å². The van der Waals surface area contributed by atoms with Crippen molar-refractivity contribution in [2.45, 2.75) is 91.4 Å². The standard InChI is InChI=1S/C25H40O3/c1-16(8-13-23(27)28-4)19-11-12-20-18-10-9-17-7-5-6-14-24(17,2)21(18)15-22(26)25(19,20)3/h16-21H,5-15H2,1-4H3/t16-,17-,18+,19-,20+,21+,24+,25-/m1/s1. The number of hydrogen-bond acceptors (Lipinski definition) is 3. The van der Waals surface area contributed by atoms with Crippen LogP contribution in [-0.2, 0) is 14.3 Å². The third kappa shape index (κ3) is 2.98. The highest BCUT2D eigenvalue weighted by Gasteiger charge is 2.63. The third-order valence-electron chi connectivity index (χ3n) is 10.2. The number of fused-ring (bicyclic) bond motifs is 5. The van der Waals surface area contributed by atoms with Crippen LogP contribution in [0.15, 0.2) is 0 Å². The number of Topliss-reactive ketones (excluding diaryl/α,β-unsaturated/α-hetero) is 1. The molecule has 0 N–H and O–H groups in total. The number of rotatable bonds is 4. The van der Waals surface area contributed by atoms with Crippen LogP contribution in [0.4, 0.5) is 0 Å². The van der Waals surface area contributed by atoms with E-state index in [1.54, 1.807) is 0 Å². The highest BCUT2D eigenvalue weighted by atomic mass is 16.5. The van der Waals surface area contributed by atoms with Crippen LogP contribution in [0, 0.1) is 46.3 Å². The predicted octanol–water partition coefficient (Wildman–Crippen LogP) is 5.80. The Hall–Kier alpha value is -0.860. The lowest BCUT2D eigenvalue weighted by atomic mass is 9.44. The van der Waals surface area contributed by atoms with Crippen LogP contribution >= 0.6 is 0 Å². The first-order chi connectivity index (χ1) is 13.3. The molecule has 0 saturated heterocycles. The van der Waals surface area contributed by atoms with Gasteiger partial charge in [0.15, 0.2) is 0 Å². The number of esters is 1. The molecule has 28 heavy (non-hydrogen) atoms. The van der Waals surface area contributed by atoms with Crippen molar-refractivity contribution in [2.24, 2.45) is 46.3 Å². The van der Waals surface area contributed by atoms with E-state index in [0.29, 0.717) is 41.3 Å². The van der Waals surface area contributed by atoms with E-state index in [-0.39, 0.29) is 11.4 Å². The summed E-state index contributed by atoms with van der Waals surface area (Å²) in [6.45, 7) is 7.10. The lowest BCUT2D eigenvalue weighted by Gasteiger charge is -2.60. The molecule has 0 unspecified atom stereocenters. The van der Waals surface area contributed by atoms with Crippen LogP contribution in [0.5, 0.6) is 0 Å². The Morgan fingerprint density at radius 1 is 1.11 bits per heavy atom. The van der Waals surface area contributed by atoms with Gasteiger partial charge in [-0.1, -0.05) is 33.6 Å². The molecule has 0 aromatic heterocycles. The molecule has 158 valence electrons. The second-order valence-electron chi connectivity index (χ2n) is 11.1. The number of methoxy groups -OCH3 is 1. The van der Waals surface area contributed by atoms with Crippen molar-refractivity contribution >= 4 is 11.8 Å². The predicted molar refractivity (Wildman–Crippen MR) is 111 cm³/mol. The maximum atomic E-state index is 13.7. The quantitative estimate of drug-likeness (QED) is 0.571. The summed E-state index contributed by atoms with van der Waals surface area (Å²) in [5.74, 6) is 4.09. The van der Waals surface area contributed by atoms with Crippen LogP contribution < -0.4 is 0 Å². The van der Waals surface area contributed by atoms with Gasteiger partial charge in [0.1, 0.15) is 5.78 Å². The number of ether oxygens (including phenoxy) is 1. The monoisotopic (exact) mass is 388 g/mol. The molecular formula is C25H40O3. The molecule has 4 aliphatic rings. The fraction of sp³-hybridized carbons (Fsp3) is 0.920. The van der Waals surface area contributed by atoms with Gasteiger partial charge in [-0.05, 0) is 85.9 Å². The number of ketones is 1. The summed E-state index contributed by atoms with van der Waals surface area (Å²) in [4.78, 5) is 25.3. The Morgan fingerprint density at radius 3 is 2.64 bits per heavy atom. The van der Waals surface area contributed by atoms with Crippen molar-refractivity contribution in [3.05, 3.63) is 0 Å². The minimum atomic E-state index is -0.158. The molecule has 0 amide bonds. The van der Waals surface area contributed by atoms with Crippen molar-refractivity contribution in [2.75, 3.05) is 7.11 Å². The zero-order valence-corrected chi connectivity index (χ0v) is 18.5. The van der Waals surface area contributed by atoms with Crippen molar-refractivity contribution in [3.63, 3.8) is 0 Å². The van der Waals surface area contributed by atoms with Crippen molar-refractivity contribution in [1.29, 1.82) is 0 Å². The SMILES string of the molecule is COC(=O)CC[C@@H](C)[C@H]1CC[C@H]2[C@@H]3CC[C@H]4CCCC[C@]4(C)[C@H]3CC(=O)[C@]12C. The van der Waals surface area contributed by atoms with Crippen molar-refractivity contribution < 1.29 is 14.3 Å². The second-order valence-corrected chi connectivity index (χ2v) is 11.1. The molecule has 4 aliphatic carbocycles. The van der Waals surface area contributed by atoms with Gasteiger partial charge in [-0.3, -0.25) is 9.59 Å². The Kier molecular flexibility index (Phi) is 5.42. The Balaban J connectivity index is 1.55. The van der Waals surface area contributed by atoms with E-state index in [4.69, 9.17) is 4.74 Å². The molecule has 3 heteroatoms. The maximum absolute atomic E-state index is 13.7. The topological polar surface area (TPSA) is 43.4 Å². The molecule has 8 atom stereocenters. The second kappa shape index (κ2) is 7.43. The van der Waals surface area contributed by atoms with Crippen LogP contribution in [0.2, 0.25) is 0 Å². The average molecular weight is 389 g/mol. The molecule has 0 aromatic carbocycles. The van der Waals surface area contributed by atoms with Crippen LogP contribution in [0.25, 0.3) is 0 Å². The average Bonchev–Trinajstić information content (AvgIpc) is 3.05. The molecule has 0 spiro atoms. The van der Waals surface area contributed by atoms with Gasteiger partial charge < -0.3 is 4.74 Å². The maximum Gasteiger partial charge on any atom is 0.305 e. The van der Waals surface area contributed by atoms with E-state index in [0.717, 1.165) is 24.7 Å². The summed E-state index contributed by atoms with van der Waals surface area (Å²) in [5, 5.41) is 0. The summed E-state index contributed by atoms with van der Waals surface area (Å²) < 4.78 is 4.84. The molecule has 4 saturated carbocycles. The van der Waals surface area contributed by atoms with Crippen molar-refractivity contribution in [1.82, 2.24) is 0 Å². The first kappa shape index (κ1) is 20.4. The smallest absolute Gasteiger partial charge is 0.305 e. The molecule has 3 nitrogen and oxygen atoms in total. The molecular weight excluding hydrogens is 348 g/mol. The minimum Gasteiger partial charge on any atom is -0.469 e. The lowest BCUT2D eigenvalue weighted by molar-refractivity contribution is -0.157. The summed E-state index contributed by atoms with van der Waals surface area (Å²) in [6, 6.07) is 0. The molecule has 0 heterocycles. The number of hydrogen-bond donors (Lipinski definition) is 0. The highest BCUT2D eigenvalue weighted by Crippen LogP contribution is 2.67. The fourth-order valence-electron chi connectivity index (χ4n) is 8.59. The van der Waals surface area contributed by atoms with Gasteiger partial charge >= 0.3 is 5.97 Å². The van der Waals surface area contributed by atoms with Gasteiger partial charge in [0.25, 0.3) is 0 Å². The molecule has 4 fully saturated rings. The van der Waals surface area contributed by atoms with E-state index in [2.05, 4.69) is 20.8 Å². The highest BCUT2D eigenvalue weighted by molar-refractivity contribution is 5.87. The van der Waals surface area contributed by atoms with Crippen LogP contribution in [0.3, 0.4) is 0 Å². The zero-order valence-electron chi connectivity index (χ0n) is 18.5. The summed E-state index contributed by atoms with van der Waals surface area (Å²) in [5.41, 5.74) is 0.251. The van der Waals surface area contributed by atoms with E-state index in [1.807, 2.05) is 0 Å². The fourth-order valence-corrected chi connectivity index (χ4v) is 8.59. The first-order valence-corrected chi connectivity index (χ1v) is 11.9. The normalized spacial score (nSPS) is 46.3. The van der Waals surface area contributed by atoms with E-state index in [1.165, 1.54) is 58.5 Å². The van der Waals surface area contributed by atoms with Gasteiger partial charge in [-0.15, -0.1) is 0 Å². The Morgan fingerprint density at radius 2 is 1.89 bits per heavy atom. The third-order valence-corrected chi connectivity index (χ3v) is 10.2. The van der Waals surface area contributed by atoms with Gasteiger partial charge in [0.05, 0.1) is 7.11 Å². The molecule has 0 bridgehead atoms. The van der Waals surface area contributed by atoms with E-state index < -0.39 is 0 Å². The largest absolute Gasteiger partial charge is 0.469 e. The van der Waals surface area contributed by atoms with Gasteiger partial charge in [0, 0.05) is 18.3 Å². The molecule has 0 radical (unpaired) electrons. The van der Waals surface area contributed by atoms with E-state index >= 15 is 0 Å².